The van der Waals surface area contributed by atoms with Crippen LogP contribution in [0.3, 0.4) is 0 Å². The Labute approximate surface area is 127 Å². The number of carbonyl (C=O) groups is 1. The van der Waals surface area contributed by atoms with Crippen molar-refractivity contribution in [2.24, 2.45) is 0 Å². The standard InChI is InChI=1S/C16H17N3O3/c1-10(16-18-11(2)19-22-16)21-15(20)8-7-12-9-17-14-6-4-3-5-13(12)14/h3-6,9-10,17H,7-8H2,1-2H3. The van der Waals surface area contributed by atoms with Crippen molar-refractivity contribution in [2.45, 2.75) is 32.8 Å². The highest BCUT2D eigenvalue weighted by Gasteiger charge is 2.17. The molecule has 114 valence electrons. The average Bonchev–Trinajstić information content (AvgIpc) is 3.11. The minimum absolute atomic E-state index is 0.284. The molecule has 2 heterocycles. The molecule has 0 aliphatic carbocycles. The molecule has 0 radical (unpaired) electrons. The van der Waals surface area contributed by atoms with Crippen LogP contribution in [0.15, 0.2) is 35.0 Å². The Morgan fingerprint density at radius 3 is 3.00 bits per heavy atom. The van der Waals surface area contributed by atoms with Gasteiger partial charge in [0.1, 0.15) is 0 Å². The normalized spacial score (nSPS) is 12.5. The number of hydrogen-bond donors (Lipinski definition) is 1. The van der Waals surface area contributed by atoms with Gasteiger partial charge in [-0.25, -0.2) is 0 Å². The zero-order valence-electron chi connectivity index (χ0n) is 12.5. The number of ether oxygens (including phenoxy) is 1. The molecule has 0 fully saturated rings. The summed E-state index contributed by atoms with van der Waals surface area (Å²) < 4.78 is 10.3. The summed E-state index contributed by atoms with van der Waals surface area (Å²) in [7, 11) is 0. The van der Waals surface area contributed by atoms with Gasteiger partial charge in [-0.2, -0.15) is 4.98 Å². The van der Waals surface area contributed by atoms with Gasteiger partial charge in [-0.1, -0.05) is 23.4 Å². The van der Waals surface area contributed by atoms with Crippen LogP contribution in [0.5, 0.6) is 0 Å². The lowest BCUT2D eigenvalue weighted by Gasteiger charge is -2.08. The largest absolute Gasteiger partial charge is 0.453 e. The first-order chi connectivity index (χ1) is 10.6. The Kier molecular flexibility index (Phi) is 3.91. The summed E-state index contributed by atoms with van der Waals surface area (Å²) in [5.74, 6) is 0.559. The maximum atomic E-state index is 11.9. The van der Waals surface area contributed by atoms with Crippen molar-refractivity contribution < 1.29 is 14.1 Å². The third-order valence-corrected chi connectivity index (χ3v) is 3.47. The van der Waals surface area contributed by atoms with E-state index in [9.17, 15) is 4.79 Å². The number of carbonyl (C=O) groups excluding carboxylic acids is 1. The van der Waals surface area contributed by atoms with Gasteiger partial charge in [0.2, 0.25) is 0 Å². The third-order valence-electron chi connectivity index (χ3n) is 3.47. The first kappa shape index (κ1) is 14.3. The van der Waals surface area contributed by atoms with Crippen molar-refractivity contribution in [1.29, 1.82) is 0 Å². The number of fused-ring (bicyclic) bond motifs is 1. The second-order valence-corrected chi connectivity index (χ2v) is 5.17. The van der Waals surface area contributed by atoms with Crippen LogP contribution in [0.2, 0.25) is 0 Å². The van der Waals surface area contributed by atoms with Gasteiger partial charge < -0.3 is 14.2 Å². The van der Waals surface area contributed by atoms with Crippen LogP contribution >= 0.6 is 0 Å². The molecule has 3 rings (SSSR count). The van der Waals surface area contributed by atoms with Crippen molar-refractivity contribution in [2.75, 3.05) is 0 Å². The van der Waals surface area contributed by atoms with Crippen molar-refractivity contribution in [3.05, 3.63) is 47.7 Å². The highest BCUT2D eigenvalue weighted by atomic mass is 16.6. The predicted octanol–water partition coefficient (Wildman–Crippen LogP) is 3.10. The molecule has 1 aromatic carbocycles. The number of aryl methyl sites for hydroxylation is 2. The van der Waals surface area contributed by atoms with E-state index in [1.165, 1.54) is 0 Å². The minimum atomic E-state index is -0.531. The molecule has 22 heavy (non-hydrogen) atoms. The molecule has 2 aromatic heterocycles. The Morgan fingerprint density at radius 1 is 1.41 bits per heavy atom. The van der Waals surface area contributed by atoms with Gasteiger partial charge in [0.05, 0.1) is 0 Å². The van der Waals surface area contributed by atoms with Crippen LogP contribution in [0.25, 0.3) is 10.9 Å². The fourth-order valence-corrected chi connectivity index (χ4v) is 2.36. The van der Waals surface area contributed by atoms with E-state index in [1.54, 1.807) is 13.8 Å². The Bertz CT molecular complexity index is 791. The van der Waals surface area contributed by atoms with Gasteiger partial charge >= 0.3 is 5.97 Å². The van der Waals surface area contributed by atoms with Crippen molar-refractivity contribution in [3.63, 3.8) is 0 Å². The lowest BCUT2D eigenvalue weighted by atomic mass is 10.1. The molecule has 0 bridgehead atoms. The van der Waals surface area contributed by atoms with Crippen LogP contribution in [0, 0.1) is 6.92 Å². The van der Waals surface area contributed by atoms with Crippen LogP contribution in [0.1, 0.15) is 36.7 Å². The number of hydrogen-bond acceptors (Lipinski definition) is 5. The number of benzene rings is 1. The third kappa shape index (κ3) is 3.00. The molecule has 0 saturated heterocycles. The molecule has 1 unspecified atom stereocenters. The first-order valence-corrected chi connectivity index (χ1v) is 7.18. The van der Waals surface area contributed by atoms with E-state index in [4.69, 9.17) is 9.26 Å². The van der Waals surface area contributed by atoms with E-state index in [-0.39, 0.29) is 5.97 Å². The Balaban J connectivity index is 1.58. The van der Waals surface area contributed by atoms with Gasteiger partial charge in [-0.15, -0.1) is 0 Å². The van der Waals surface area contributed by atoms with E-state index in [1.807, 2.05) is 30.5 Å². The first-order valence-electron chi connectivity index (χ1n) is 7.18. The van der Waals surface area contributed by atoms with E-state index in [0.29, 0.717) is 24.6 Å². The summed E-state index contributed by atoms with van der Waals surface area (Å²) in [6.07, 6.45) is 2.33. The van der Waals surface area contributed by atoms with Crippen LogP contribution in [0.4, 0.5) is 0 Å². The fraction of sp³-hybridized carbons (Fsp3) is 0.312. The van der Waals surface area contributed by atoms with Gasteiger partial charge in [-0.05, 0) is 31.9 Å². The number of para-hydroxylation sites is 1. The van der Waals surface area contributed by atoms with Crippen LogP contribution in [-0.4, -0.2) is 21.1 Å². The smallest absolute Gasteiger partial charge is 0.306 e. The lowest BCUT2D eigenvalue weighted by molar-refractivity contribution is -0.149. The summed E-state index contributed by atoms with van der Waals surface area (Å²) in [5, 5.41) is 4.82. The van der Waals surface area contributed by atoms with E-state index < -0.39 is 6.10 Å². The molecule has 0 saturated carbocycles. The van der Waals surface area contributed by atoms with Crippen LogP contribution < -0.4 is 0 Å². The number of rotatable bonds is 5. The van der Waals surface area contributed by atoms with E-state index >= 15 is 0 Å². The summed E-state index contributed by atoms with van der Waals surface area (Å²) in [6, 6.07) is 8.01. The number of H-pyrrole nitrogens is 1. The molecule has 1 atom stereocenters. The summed E-state index contributed by atoms with van der Waals surface area (Å²) in [5.41, 5.74) is 2.18. The van der Waals surface area contributed by atoms with E-state index in [2.05, 4.69) is 15.1 Å². The van der Waals surface area contributed by atoms with Crippen molar-refractivity contribution >= 4 is 16.9 Å². The Hall–Kier alpha value is -2.63. The number of nitrogens with zero attached hydrogens (tertiary/aromatic N) is 2. The molecule has 3 aromatic rings. The number of aromatic nitrogens is 3. The number of aromatic amines is 1. The second kappa shape index (κ2) is 6.01. The molecular weight excluding hydrogens is 282 g/mol. The quantitative estimate of drug-likeness (QED) is 0.732. The zero-order valence-corrected chi connectivity index (χ0v) is 12.5. The average molecular weight is 299 g/mol. The molecule has 0 aliphatic rings. The topological polar surface area (TPSA) is 81.0 Å². The highest BCUT2D eigenvalue weighted by molar-refractivity contribution is 5.83. The van der Waals surface area contributed by atoms with E-state index in [0.717, 1.165) is 16.5 Å². The maximum absolute atomic E-state index is 11.9. The molecule has 6 nitrogen and oxygen atoms in total. The van der Waals surface area contributed by atoms with Gasteiger partial charge in [-0.3, -0.25) is 4.79 Å². The van der Waals surface area contributed by atoms with Crippen molar-refractivity contribution in [1.82, 2.24) is 15.1 Å². The monoisotopic (exact) mass is 299 g/mol. The molecule has 1 N–H and O–H groups in total. The van der Waals surface area contributed by atoms with Crippen molar-refractivity contribution in [3.8, 4) is 0 Å². The van der Waals surface area contributed by atoms with Gasteiger partial charge in [0.15, 0.2) is 11.9 Å². The summed E-state index contributed by atoms with van der Waals surface area (Å²) in [6.45, 7) is 3.44. The zero-order chi connectivity index (χ0) is 15.5. The predicted molar refractivity (Wildman–Crippen MR) is 80.2 cm³/mol. The molecule has 0 aliphatic heterocycles. The number of nitrogens with one attached hydrogen (secondary N) is 1. The summed E-state index contributed by atoms with van der Waals surface area (Å²) >= 11 is 0. The number of esters is 1. The SMILES string of the molecule is Cc1noc(C(C)OC(=O)CCc2c[nH]c3ccccc23)n1. The minimum Gasteiger partial charge on any atom is -0.453 e. The molecular formula is C16H17N3O3. The van der Waals surface area contributed by atoms with Gasteiger partial charge in [0, 0.05) is 23.5 Å². The molecule has 0 amide bonds. The van der Waals surface area contributed by atoms with Crippen LogP contribution in [-0.2, 0) is 16.0 Å². The molecule has 0 spiro atoms. The molecule has 6 heteroatoms. The lowest BCUT2D eigenvalue weighted by Crippen LogP contribution is -2.10. The fourth-order valence-electron chi connectivity index (χ4n) is 2.36. The Morgan fingerprint density at radius 2 is 2.23 bits per heavy atom. The highest BCUT2D eigenvalue weighted by Crippen LogP contribution is 2.20. The summed E-state index contributed by atoms with van der Waals surface area (Å²) in [4.78, 5) is 19.2. The van der Waals surface area contributed by atoms with Gasteiger partial charge in [0.25, 0.3) is 5.89 Å². The maximum Gasteiger partial charge on any atom is 0.306 e. The second-order valence-electron chi connectivity index (χ2n) is 5.17.